The van der Waals surface area contributed by atoms with Gasteiger partial charge in [-0.3, -0.25) is 0 Å². The van der Waals surface area contributed by atoms with Crippen molar-refractivity contribution in [1.82, 2.24) is 10.4 Å². The Morgan fingerprint density at radius 3 is 2.67 bits per heavy atom. The van der Waals surface area contributed by atoms with E-state index in [1.807, 2.05) is 0 Å². The number of nitrogens with zero attached hydrogens (tertiary/aromatic N) is 1. The highest BCUT2D eigenvalue weighted by Gasteiger charge is 1.96. The molecule has 0 amide bonds. The Labute approximate surface area is 36.5 Å². The lowest BCUT2D eigenvalue weighted by Crippen LogP contribution is -2.13. The van der Waals surface area contributed by atoms with E-state index < -0.39 is 0 Å². The SMILES string of the molecule is [O-]N1CCNC1. The molecule has 0 aromatic carbocycles. The molecule has 0 unspecified atom stereocenters. The minimum Gasteiger partial charge on any atom is -0.784 e. The van der Waals surface area contributed by atoms with Crippen molar-refractivity contribution >= 4 is 0 Å². The Kier molecular flexibility index (Phi) is 1.05. The predicted octanol–water partition coefficient (Wildman–Crippen LogP) is -0.653. The third-order valence-electron chi connectivity index (χ3n) is 0.826. The molecule has 0 aliphatic carbocycles. The topological polar surface area (TPSA) is 38.3 Å². The summed E-state index contributed by atoms with van der Waals surface area (Å²) in [6, 6.07) is 0. The van der Waals surface area contributed by atoms with Crippen LogP contribution in [0.2, 0.25) is 0 Å². The maximum Gasteiger partial charge on any atom is 0.0365 e. The van der Waals surface area contributed by atoms with Crippen LogP contribution in [0.25, 0.3) is 0 Å². The largest absolute Gasteiger partial charge is 0.784 e. The Balaban J connectivity index is 2.18. The van der Waals surface area contributed by atoms with Crippen molar-refractivity contribution in [2.75, 3.05) is 19.8 Å². The van der Waals surface area contributed by atoms with E-state index in [2.05, 4.69) is 5.32 Å². The fraction of sp³-hybridized carbons (Fsp3) is 1.00. The van der Waals surface area contributed by atoms with E-state index in [9.17, 15) is 5.21 Å². The van der Waals surface area contributed by atoms with Crippen molar-refractivity contribution in [3.8, 4) is 0 Å². The van der Waals surface area contributed by atoms with Gasteiger partial charge >= 0.3 is 0 Å². The highest BCUT2D eigenvalue weighted by molar-refractivity contribution is 4.63. The maximum absolute atomic E-state index is 10.1. The Hall–Kier alpha value is -0.120. The fourth-order valence-corrected chi connectivity index (χ4v) is 0.487. The number of hydrogen-bond acceptors (Lipinski definition) is 3. The van der Waals surface area contributed by atoms with Crippen molar-refractivity contribution in [3.05, 3.63) is 5.21 Å². The Morgan fingerprint density at radius 2 is 2.50 bits per heavy atom. The molecule has 3 heteroatoms. The molecule has 1 aliphatic heterocycles. The van der Waals surface area contributed by atoms with Gasteiger partial charge in [0.1, 0.15) is 0 Å². The third-order valence-corrected chi connectivity index (χ3v) is 0.826. The van der Waals surface area contributed by atoms with E-state index in [0.29, 0.717) is 13.2 Å². The van der Waals surface area contributed by atoms with Gasteiger partial charge in [0, 0.05) is 13.2 Å². The van der Waals surface area contributed by atoms with E-state index in [0.717, 1.165) is 11.6 Å². The highest BCUT2D eigenvalue weighted by Crippen LogP contribution is 1.84. The summed E-state index contributed by atoms with van der Waals surface area (Å²) in [6.45, 7) is 2.02. The molecular weight excluding hydrogens is 80.0 g/mol. The van der Waals surface area contributed by atoms with Crippen molar-refractivity contribution in [2.24, 2.45) is 0 Å². The quantitative estimate of drug-likeness (QED) is 0.426. The first-order chi connectivity index (χ1) is 2.89. The maximum atomic E-state index is 10.1. The minimum absolute atomic E-state index is 0.514. The average Bonchev–Trinajstić information content (AvgIpc) is 1.86. The molecule has 0 aromatic rings. The smallest absolute Gasteiger partial charge is 0.0365 e. The molecule has 1 heterocycles. The molecule has 1 saturated heterocycles. The van der Waals surface area contributed by atoms with Gasteiger partial charge in [-0.1, -0.05) is 0 Å². The van der Waals surface area contributed by atoms with E-state index in [1.165, 1.54) is 0 Å². The number of hydrogen-bond donors (Lipinski definition) is 1. The first-order valence-electron chi connectivity index (χ1n) is 2.02. The van der Waals surface area contributed by atoms with Gasteiger partial charge in [-0.25, -0.2) is 0 Å². The van der Waals surface area contributed by atoms with Crippen LogP contribution in [0.4, 0.5) is 0 Å². The lowest BCUT2D eigenvalue weighted by Gasteiger charge is -2.17. The molecule has 6 heavy (non-hydrogen) atoms. The summed E-state index contributed by atoms with van der Waals surface area (Å²) in [4.78, 5) is 0. The van der Waals surface area contributed by atoms with E-state index in [-0.39, 0.29) is 0 Å². The normalized spacial score (nSPS) is 25.5. The van der Waals surface area contributed by atoms with Crippen LogP contribution in [0.5, 0.6) is 0 Å². The van der Waals surface area contributed by atoms with Crippen LogP contribution in [0.3, 0.4) is 0 Å². The first-order valence-corrected chi connectivity index (χ1v) is 2.02. The van der Waals surface area contributed by atoms with Gasteiger partial charge < -0.3 is 15.6 Å². The molecule has 0 atom stereocenters. The lowest BCUT2D eigenvalue weighted by molar-refractivity contribution is 0.464. The second-order valence-corrected chi connectivity index (χ2v) is 1.36. The zero-order valence-electron chi connectivity index (χ0n) is 3.48. The first kappa shape index (κ1) is 4.05. The Morgan fingerprint density at radius 1 is 1.67 bits per heavy atom. The van der Waals surface area contributed by atoms with Crippen LogP contribution in [0.1, 0.15) is 0 Å². The van der Waals surface area contributed by atoms with Crippen LogP contribution in [-0.2, 0) is 0 Å². The molecule has 0 aromatic heterocycles. The average molecular weight is 87.1 g/mol. The van der Waals surface area contributed by atoms with Gasteiger partial charge in [0.05, 0.1) is 0 Å². The molecule has 1 fully saturated rings. The molecule has 1 aliphatic rings. The van der Waals surface area contributed by atoms with Crippen LogP contribution in [-0.4, -0.2) is 24.8 Å². The van der Waals surface area contributed by atoms with Gasteiger partial charge in [-0.05, 0) is 6.54 Å². The van der Waals surface area contributed by atoms with Crippen LogP contribution in [0, 0.1) is 5.21 Å². The second-order valence-electron chi connectivity index (χ2n) is 1.36. The summed E-state index contributed by atoms with van der Waals surface area (Å²) in [5.41, 5.74) is 0. The van der Waals surface area contributed by atoms with Gasteiger partial charge in [0.2, 0.25) is 0 Å². The van der Waals surface area contributed by atoms with Gasteiger partial charge in [-0.2, -0.15) is 0 Å². The fourth-order valence-electron chi connectivity index (χ4n) is 0.487. The zero-order valence-corrected chi connectivity index (χ0v) is 3.48. The van der Waals surface area contributed by atoms with Crippen LogP contribution in [0.15, 0.2) is 0 Å². The summed E-state index contributed by atoms with van der Waals surface area (Å²) >= 11 is 0. The van der Waals surface area contributed by atoms with Crippen molar-refractivity contribution in [2.45, 2.75) is 0 Å². The minimum atomic E-state index is 0.514. The van der Waals surface area contributed by atoms with Crippen molar-refractivity contribution < 1.29 is 0 Å². The van der Waals surface area contributed by atoms with Crippen LogP contribution < -0.4 is 5.32 Å². The number of nitrogens with one attached hydrogen (secondary N) is 1. The van der Waals surface area contributed by atoms with Crippen molar-refractivity contribution in [1.29, 1.82) is 0 Å². The summed E-state index contributed by atoms with van der Waals surface area (Å²) in [5, 5.41) is 14.0. The van der Waals surface area contributed by atoms with Crippen molar-refractivity contribution in [3.63, 3.8) is 0 Å². The molecule has 0 saturated carbocycles. The summed E-state index contributed by atoms with van der Waals surface area (Å²) in [6.07, 6.45) is 0. The molecule has 0 bridgehead atoms. The Bertz CT molecular complexity index is 42.1. The van der Waals surface area contributed by atoms with Gasteiger partial charge in [0.15, 0.2) is 0 Å². The molecule has 1 rings (SSSR count). The third kappa shape index (κ3) is 0.680. The molecule has 1 N–H and O–H groups in total. The summed E-state index contributed by atoms with van der Waals surface area (Å²) < 4.78 is 0. The predicted molar refractivity (Wildman–Crippen MR) is 22.9 cm³/mol. The summed E-state index contributed by atoms with van der Waals surface area (Å²) in [7, 11) is 0. The van der Waals surface area contributed by atoms with Gasteiger partial charge in [0.25, 0.3) is 0 Å². The van der Waals surface area contributed by atoms with Gasteiger partial charge in [-0.15, -0.1) is 0 Å². The standard InChI is InChI=1S/C3H7N2O/c6-5-2-1-4-3-5/h4H,1-3H2/q-1. The van der Waals surface area contributed by atoms with E-state index in [4.69, 9.17) is 0 Å². The lowest BCUT2D eigenvalue weighted by atomic mass is 10.7. The van der Waals surface area contributed by atoms with Crippen LogP contribution >= 0.6 is 0 Å². The zero-order chi connectivity index (χ0) is 4.41. The second kappa shape index (κ2) is 1.55. The molecule has 3 nitrogen and oxygen atoms in total. The van der Waals surface area contributed by atoms with E-state index >= 15 is 0 Å². The summed E-state index contributed by atoms with van der Waals surface area (Å²) in [5.74, 6) is 0. The van der Waals surface area contributed by atoms with E-state index in [1.54, 1.807) is 0 Å². The monoisotopic (exact) mass is 87.1 g/mol. The molecule has 0 radical (unpaired) electrons. The number of rotatable bonds is 0. The molecular formula is C3H7N2O-. The molecule has 0 spiro atoms. The highest BCUT2D eigenvalue weighted by atomic mass is 16.5. The molecule has 36 valence electrons. The number of hydroxylamine groups is 2.